The molecular formula is C46H79NO7. The Bertz CT molecular complexity index is 1070. The first-order valence-corrected chi connectivity index (χ1v) is 21.3. The number of aliphatic carboxylic acids is 1. The van der Waals surface area contributed by atoms with E-state index < -0.39 is 18.1 Å². The van der Waals surface area contributed by atoms with Gasteiger partial charge in [-0.1, -0.05) is 139 Å². The smallest absolute Gasteiger partial charge is 0.306 e. The van der Waals surface area contributed by atoms with Gasteiger partial charge in [-0.25, -0.2) is 0 Å². The van der Waals surface area contributed by atoms with E-state index in [9.17, 15) is 19.5 Å². The lowest BCUT2D eigenvalue weighted by atomic mass is 10.1. The molecule has 0 spiro atoms. The van der Waals surface area contributed by atoms with E-state index in [1.807, 2.05) is 0 Å². The van der Waals surface area contributed by atoms with Crippen molar-refractivity contribution in [3.8, 4) is 0 Å². The quantitative estimate of drug-likeness (QED) is 0.0269. The number of nitrogens with zero attached hydrogens (tertiary/aromatic N) is 1. The molecular weight excluding hydrogens is 679 g/mol. The molecule has 0 saturated carbocycles. The number of carboxylic acid groups (broad SMARTS) is 1. The van der Waals surface area contributed by atoms with Crippen LogP contribution in [0.1, 0.15) is 162 Å². The van der Waals surface area contributed by atoms with E-state index in [-0.39, 0.29) is 49.1 Å². The number of allylic oxidation sites excluding steroid dienone is 10. The lowest BCUT2D eigenvalue weighted by Gasteiger charge is -2.34. The van der Waals surface area contributed by atoms with E-state index in [1.54, 1.807) is 21.1 Å². The van der Waals surface area contributed by atoms with Crippen LogP contribution in [0.4, 0.5) is 0 Å². The standard InChI is InChI=1S/C46H79NO7/c1-6-8-10-12-14-16-17-18-19-20-21-22-23-24-25-26-27-29-31-33-35-37-45(49)54-42(40-52-39-38-43(46(50)51)47(3,4)5)41-53-44(48)36-34-32-30-28-15-13-11-9-7-2/h14,16,18-19,21-22,24-25,27,29,42-43H,6-13,15,17,20,23,26,28,30-41H2,1-5H3/b16-14+,19-18+,22-21+,25-24+,29-27+. The highest BCUT2D eigenvalue weighted by Gasteiger charge is 2.25. The Morgan fingerprint density at radius 1 is 0.556 bits per heavy atom. The van der Waals surface area contributed by atoms with Crippen LogP contribution < -0.4 is 5.11 Å². The zero-order valence-electron chi connectivity index (χ0n) is 35.1. The number of carboxylic acids is 1. The fourth-order valence-electron chi connectivity index (χ4n) is 5.79. The van der Waals surface area contributed by atoms with Gasteiger partial charge >= 0.3 is 11.9 Å². The Hall–Kier alpha value is -2.97. The molecule has 0 N–H and O–H groups in total. The van der Waals surface area contributed by atoms with E-state index in [4.69, 9.17) is 14.2 Å². The first kappa shape index (κ1) is 51.0. The summed E-state index contributed by atoms with van der Waals surface area (Å²) in [7, 11) is 5.38. The van der Waals surface area contributed by atoms with Gasteiger partial charge in [0.1, 0.15) is 12.6 Å². The van der Waals surface area contributed by atoms with E-state index in [0.717, 1.165) is 57.8 Å². The van der Waals surface area contributed by atoms with Crippen molar-refractivity contribution in [1.82, 2.24) is 0 Å². The van der Waals surface area contributed by atoms with Gasteiger partial charge in [-0.2, -0.15) is 0 Å². The molecule has 8 heteroatoms. The number of rotatable bonds is 37. The van der Waals surface area contributed by atoms with Gasteiger partial charge < -0.3 is 28.6 Å². The minimum absolute atomic E-state index is 0.0220. The second kappa shape index (κ2) is 37.0. The summed E-state index contributed by atoms with van der Waals surface area (Å²) in [4.78, 5) is 36.7. The first-order chi connectivity index (χ1) is 26.1. The van der Waals surface area contributed by atoms with Gasteiger partial charge in [-0.3, -0.25) is 9.59 Å². The Morgan fingerprint density at radius 2 is 0.981 bits per heavy atom. The van der Waals surface area contributed by atoms with Crippen LogP contribution in [0.25, 0.3) is 0 Å². The minimum atomic E-state index is -1.13. The van der Waals surface area contributed by atoms with Crippen LogP contribution in [0, 0.1) is 0 Å². The van der Waals surface area contributed by atoms with Gasteiger partial charge in [-0.05, 0) is 64.2 Å². The molecule has 0 amide bonds. The number of ether oxygens (including phenoxy) is 3. The monoisotopic (exact) mass is 758 g/mol. The van der Waals surface area contributed by atoms with E-state index in [1.165, 1.54) is 64.2 Å². The second-order valence-electron chi connectivity index (χ2n) is 15.2. The van der Waals surface area contributed by atoms with Gasteiger partial charge in [0.05, 0.1) is 40.3 Å². The fourth-order valence-corrected chi connectivity index (χ4v) is 5.79. The molecule has 0 saturated heterocycles. The van der Waals surface area contributed by atoms with Crippen LogP contribution in [0.5, 0.6) is 0 Å². The molecule has 0 fully saturated rings. The van der Waals surface area contributed by atoms with Crippen LogP contribution in [-0.4, -0.2) is 75.5 Å². The maximum absolute atomic E-state index is 12.7. The predicted molar refractivity (Wildman–Crippen MR) is 222 cm³/mol. The highest BCUT2D eigenvalue weighted by atomic mass is 16.6. The van der Waals surface area contributed by atoms with Crippen molar-refractivity contribution in [2.75, 3.05) is 41.0 Å². The third-order valence-corrected chi connectivity index (χ3v) is 9.16. The van der Waals surface area contributed by atoms with Gasteiger partial charge in [0.25, 0.3) is 0 Å². The first-order valence-electron chi connectivity index (χ1n) is 21.3. The largest absolute Gasteiger partial charge is 0.544 e. The number of esters is 2. The molecule has 0 heterocycles. The average Bonchev–Trinajstić information content (AvgIpc) is 3.12. The summed E-state index contributed by atoms with van der Waals surface area (Å²) in [5.41, 5.74) is 0. The Morgan fingerprint density at radius 3 is 1.48 bits per heavy atom. The van der Waals surface area contributed by atoms with Crippen molar-refractivity contribution in [2.45, 2.75) is 174 Å². The summed E-state index contributed by atoms with van der Waals surface area (Å²) in [6.07, 6.45) is 43.9. The van der Waals surface area contributed by atoms with Gasteiger partial charge in [0.15, 0.2) is 6.10 Å². The summed E-state index contributed by atoms with van der Waals surface area (Å²) >= 11 is 0. The molecule has 0 aromatic rings. The van der Waals surface area contributed by atoms with Gasteiger partial charge in [0.2, 0.25) is 0 Å². The Balaban J connectivity index is 4.42. The molecule has 0 aromatic carbocycles. The number of hydrogen-bond acceptors (Lipinski definition) is 7. The highest BCUT2D eigenvalue weighted by molar-refractivity contribution is 5.70. The zero-order chi connectivity index (χ0) is 40.0. The normalized spacial score (nSPS) is 13.6. The van der Waals surface area contributed by atoms with Crippen LogP contribution in [0.15, 0.2) is 60.8 Å². The van der Waals surface area contributed by atoms with Crippen molar-refractivity contribution in [1.29, 1.82) is 0 Å². The summed E-state index contributed by atoms with van der Waals surface area (Å²) in [5, 5.41) is 11.6. The number of carbonyl (C=O) groups excluding carboxylic acids is 3. The second-order valence-corrected chi connectivity index (χ2v) is 15.2. The molecule has 54 heavy (non-hydrogen) atoms. The Labute approximate surface area is 330 Å². The number of likely N-dealkylation sites (N-methyl/N-ethyl adjacent to an activating group) is 1. The summed E-state index contributed by atoms with van der Waals surface area (Å²) in [6, 6.07) is -0.734. The number of quaternary nitrogens is 1. The van der Waals surface area contributed by atoms with Gasteiger partial charge in [-0.15, -0.1) is 0 Å². The zero-order valence-corrected chi connectivity index (χ0v) is 35.1. The molecule has 0 aliphatic heterocycles. The molecule has 0 bridgehead atoms. The molecule has 0 aliphatic carbocycles. The maximum atomic E-state index is 12.7. The highest BCUT2D eigenvalue weighted by Crippen LogP contribution is 2.12. The molecule has 0 radical (unpaired) electrons. The number of hydrogen-bond donors (Lipinski definition) is 0. The lowest BCUT2D eigenvalue weighted by molar-refractivity contribution is -0.889. The molecule has 2 unspecified atom stereocenters. The maximum Gasteiger partial charge on any atom is 0.306 e. The number of carbonyl (C=O) groups is 3. The van der Waals surface area contributed by atoms with Crippen LogP contribution in [0.2, 0.25) is 0 Å². The molecule has 310 valence electrons. The molecule has 0 rings (SSSR count). The van der Waals surface area contributed by atoms with Crippen molar-refractivity contribution in [3.05, 3.63) is 60.8 Å². The van der Waals surface area contributed by atoms with E-state index >= 15 is 0 Å². The van der Waals surface area contributed by atoms with E-state index in [0.29, 0.717) is 12.8 Å². The van der Waals surface area contributed by atoms with Crippen LogP contribution in [-0.2, 0) is 28.6 Å². The minimum Gasteiger partial charge on any atom is -0.544 e. The number of unbranched alkanes of at least 4 members (excludes halogenated alkanes) is 13. The summed E-state index contributed by atoms with van der Waals surface area (Å²) in [6.45, 7) is 4.55. The lowest BCUT2D eigenvalue weighted by Crippen LogP contribution is -2.55. The van der Waals surface area contributed by atoms with Crippen LogP contribution >= 0.6 is 0 Å². The molecule has 0 aromatic heterocycles. The topological polar surface area (TPSA) is 102 Å². The average molecular weight is 758 g/mol. The predicted octanol–water partition coefficient (Wildman–Crippen LogP) is 10.1. The van der Waals surface area contributed by atoms with Crippen LogP contribution in [0.3, 0.4) is 0 Å². The summed E-state index contributed by atoms with van der Waals surface area (Å²) < 4.78 is 17.1. The Kier molecular flexibility index (Phi) is 34.9. The fraction of sp³-hybridized carbons (Fsp3) is 0.717. The van der Waals surface area contributed by atoms with Crippen molar-refractivity contribution in [3.63, 3.8) is 0 Å². The molecule has 8 nitrogen and oxygen atoms in total. The van der Waals surface area contributed by atoms with E-state index in [2.05, 4.69) is 74.6 Å². The third kappa shape index (κ3) is 34.8. The SMILES string of the molecule is CCCCC/C=C/C/C=C/C/C=C/C/C=C/C/C=C/CCCCC(=O)OC(COCCC(C(=O)[O-])[N+](C)(C)C)COC(=O)CCCCCCCCCCC. The molecule has 0 aliphatic rings. The molecule has 2 atom stereocenters. The van der Waals surface area contributed by atoms with Gasteiger partial charge in [0, 0.05) is 19.3 Å². The summed E-state index contributed by atoms with van der Waals surface area (Å²) in [5.74, 6) is -1.80. The third-order valence-electron chi connectivity index (χ3n) is 9.16. The van der Waals surface area contributed by atoms with Crippen molar-refractivity contribution < 1.29 is 38.2 Å². The van der Waals surface area contributed by atoms with Crippen molar-refractivity contribution in [2.24, 2.45) is 0 Å². The van der Waals surface area contributed by atoms with Crippen molar-refractivity contribution >= 4 is 17.9 Å².